The van der Waals surface area contributed by atoms with Gasteiger partial charge in [0.05, 0.1) is 12.1 Å². The first-order valence-corrected chi connectivity index (χ1v) is 5.03. The van der Waals surface area contributed by atoms with E-state index in [1.807, 2.05) is 6.92 Å². The molecule has 0 fully saturated rings. The third-order valence-electron chi connectivity index (χ3n) is 2.48. The van der Waals surface area contributed by atoms with Crippen LogP contribution in [0.1, 0.15) is 33.6 Å². The second kappa shape index (κ2) is 6.94. The molecule has 0 bridgehead atoms. The van der Waals surface area contributed by atoms with Crippen molar-refractivity contribution in [3.63, 3.8) is 0 Å². The zero-order chi connectivity index (χ0) is 10.3. The van der Waals surface area contributed by atoms with Crippen LogP contribution >= 0.6 is 0 Å². The van der Waals surface area contributed by atoms with Gasteiger partial charge in [-0.1, -0.05) is 32.6 Å². The fourth-order valence-corrected chi connectivity index (χ4v) is 1.36. The molecule has 2 nitrogen and oxygen atoms in total. The lowest BCUT2D eigenvalue weighted by Crippen LogP contribution is -2.36. The number of hydrogen-bond donors (Lipinski definition) is 2. The lowest BCUT2D eigenvalue weighted by atomic mass is 9.96. The van der Waals surface area contributed by atoms with Gasteiger partial charge in [0.1, 0.15) is 0 Å². The first-order chi connectivity index (χ1) is 6.15. The molecule has 0 aromatic carbocycles. The Morgan fingerprint density at radius 2 is 1.92 bits per heavy atom. The van der Waals surface area contributed by atoms with Crippen molar-refractivity contribution in [1.29, 1.82) is 0 Å². The van der Waals surface area contributed by atoms with Gasteiger partial charge in [-0.25, -0.2) is 0 Å². The maximum Gasteiger partial charge on any atom is 0.0692 e. The van der Waals surface area contributed by atoms with Crippen LogP contribution in [-0.2, 0) is 0 Å². The van der Waals surface area contributed by atoms with Gasteiger partial charge >= 0.3 is 0 Å². The van der Waals surface area contributed by atoms with Gasteiger partial charge in [-0.15, -0.1) is 6.42 Å². The molecule has 2 unspecified atom stereocenters. The quantitative estimate of drug-likeness (QED) is 0.610. The number of aliphatic hydroxyl groups is 1. The highest BCUT2D eigenvalue weighted by atomic mass is 16.3. The molecular weight excluding hydrogens is 162 g/mol. The predicted octanol–water partition coefficient (Wildman–Crippen LogP) is 1.39. The number of aliphatic hydroxyl groups excluding tert-OH is 1. The molecule has 0 aromatic rings. The zero-order valence-corrected chi connectivity index (χ0v) is 8.88. The second-order valence-corrected chi connectivity index (χ2v) is 3.44. The van der Waals surface area contributed by atoms with Gasteiger partial charge < -0.3 is 10.4 Å². The van der Waals surface area contributed by atoms with Crippen LogP contribution in [0, 0.1) is 18.3 Å². The van der Waals surface area contributed by atoms with Crippen LogP contribution in [0.4, 0.5) is 0 Å². The standard InChI is InChI=1S/C11H21NO/c1-5-9(4)12-8-11(13)10(6-2)7-3/h1,9-13H,6-8H2,2-4H3. The molecule has 76 valence electrons. The average Bonchev–Trinajstić information content (AvgIpc) is 2.16. The molecule has 0 heterocycles. The topological polar surface area (TPSA) is 32.3 Å². The van der Waals surface area contributed by atoms with E-state index in [1.165, 1.54) is 0 Å². The molecule has 2 N–H and O–H groups in total. The van der Waals surface area contributed by atoms with Crippen molar-refractivity contribution in [2.45, 2.75) is 45.8 Å². The molecule has 2 heteroatoms. The molecule has 0 radical (unpaired) electrons. The Kier molecular flexibility index (Phi) is 6.66. The van der Waals surface area contributed by atoms with E-state index in [9.17, 15) is 5.11 Å². The van der Waals surface area contributed by atoms with Crippen LogP contribution in [0.15, 0.2) is 0 Å². The SMILES string of the molecule is C#CC(C)NCC(O)C(CC)CC. The van der Waals surface area contributed by atoms with E-state index in [1.54, 1.807) is 0 Å². The second-order valence-electron chi connectivity index (χ2n) is 3.44. The van der Waals surface area contributed by atoms with Crippen LogP contribution in [-0.4, -0.2) is 23.8 Å². The molecule has 0 saturated heterocycles. The van der Waals surface area contributed by atoms with Crippen molar-refractivity contribution in [2.75, 3.05) is 6.54 Å². The van der Waals surface area contributed by atoms with Crippen molar-refractivity contribution < 1.29 is 5.11 Å². The molecular formula is C11H21NO. The van der Waals surface area contributed by atoms with E-state index in [0.717, 1.165) is 12.8 Å². The van der Waals surface area contributed by atoms with Crippen molar-refractivity contribution in [3.05, 3.63) is 0 Å². The molecule has 0 aromatic heterocycles. The van der Waals surface area contributed by atoms with E-state index >= 15 is 0 Å². The zero-order valence-electron chi connectivity index (χ0n) is 8.88. The van der Waals surface area contributed by atoms with Gasteiger partial charge in [0, 0.05) is 6.54 Å². The molecule has 13 heavy (non-hydrogen) atoms. The summed E-state index contributed by atoms with van der Waals surface area (Å²) >= 11 is 0. The van der Waals surface area contributed by atoms with E-state index in [4.69, 9.17) is 6.42 Å². The highest BCUT2D eigenvalue weighted by Crippen LogP contribution is 2.12. The van der Waals surface area contributed by atoms with Crippen molar-refractivity contribution in [3.8, 4) is 12.3 Å². The Morgan fingerprint density at radius 3 is 2.31 bits per heavy atom. The lowest BCUT2D eigenvalue weighted by Gasteiger charge is -2.21. The van der Waals surface area contributed by atoms with E-state index < -0.39 is 0 Å². The van der Waals surface area contributed by atoms with E-state index in [-0.39, 0.29) is 12.1 Å². The van der Waals surface area contributed by atoms with E-state index in [2.05, 4.69) is 25.1 Å². The third-order valence-corrected chi connectivity index (χ3v) is 2.48. The van der Waals surface area contributed by atoms with Gasteiger partial charge in [-0.05, 0) is 12.8 Å². The fraction of sp³-hybridized carbons (Fsp3) is 0.818. The summed E-state index contributed by atoms with van der Waals surface area (Å²) in [6, 6.07) is 0.0454. The van der Waals surface area contributed by atoms with Gasteiger partial charge in [0.15, 0.2) is 0 Å². The molecule has 0 spiro atoms. The van der Waals surface area contributed by atoms with Crippen LogP contribution in [0.25, 0.3) is 0 Å². The van der Waals surface area contributed by atoms with Gasteiger partial charge in [-0.2, -0.15) is 0 Å². The molecule has 0 aliphatic heterocycles. The fourth-order valence-electron chi connectivity index (χ4n) is 1.36. The molecule has 0 amide bonds. The highest BCUT2D eigenvalue weighted by molar-refractivity contribution is 4.96. The number of hydrogen-bond acceptors (Lipinski definition) is 2. The summed E-state index contributed by atoms with van der Waals surface area (Å²) in [5.41, 5.74) is 0. The van der Waals surface area contributed by atoms with Crippen molar-refractivity contribution in [2.24, 2.45) is 5.92 Å². The van der Waals surface area contributed by atoms with Crippen LogP contribution in [0.3, 0.4) is 0 Å². The van der Waals surface area contributed by atoms with Gasteiger partial charge in [-0.3, -0.25) is 0 Å². The maximum absolute atomic E-state index is 9.72. The Hall–Kier alpha value is -0.520. The maximum atomic E-state index is 9.72. The summed E-state index contributed by atoms with van der Waals surface area (Å²) in [7, 11) is 0. The molecule has 0 rings (SSSR count). The summed E-state index contributed by atoms with van der Waals surface area (Å²) in [5, 5.41) is 12.8. The summed E-state index contributed by atoms with van der Waals surface area (Å²) in [4.78, 5) is 0. The Morgan fingerprint density at radius 1 is 1.38 bits per heavy atom. The Labute approximate surface area is 81.7 Å². The number of terminal acetylenes is 1. The van der Waals surface area contributed by atoms with Gasteiger partial charge in [0.2, 0.25) is 0 Å². The summed E-state index contributed by atoms with van der Waals surface area (Å²) in [6.45, 7) is 6.71. The Balaban J connectivity index is 3.73. The Bertz CT molecular complexity index is 158. The molecule has 0 aliphatic carbocycles. The number of nitrogens with one attached hydrogen (secondary N) is 1. The largest absolute Gasteiger partial charge is 0.392 e. The first-order valence-electron chi connectivity index (χ1n) is 5.03. The minimum absolute atomic E-state index is 0.0454. The smallest absolute Gasteiger partial charge is 0.0692 e. The summed E-state index contributed by atoms with van der Waals surface area (Å²) in [6.07, 6.45) is 6.97. The van der Waals surface area contributed by atoms with Gasteiger partial charge in [0.25, 0.3) is 0 Å². The lowest BCUT2D eigenvalue weighted by molar-refractivity contribution is 0.100. The van der Waals surface area contributed by atoms with Crippen LogP contribution in [0.5, 0.6) is 0 Å². The molecule has 0 aliphatic rings. The highest BCUT2D eigenvalue weighted by Gasteiger charge is 2.15. The van der Waals surface area contributed by atoms with Crippen LogP contribution < -0.4 is 5.32 Å². The average molecular weight is 183 g/mol. The monoisotopic (exact) mass is 183 g/mol. The predicted molar refractivity (Wildman–Crippen MR) is 56.4 cm³/mol. The molecule has 0 saturated carbocycles. The van der Waals surface area contributed by atoms with Crippen molar-refractivity contribution >= 4 is 0 Å². The normalized spacial score (nSPS) is 15.4. The van der Waals surface area contributed by atoms with Crippen LogP contribution in [0.2, 0.25) is 0 Å². The number of rotatable bonds is 6. The first kappa shape index (κ1) is 12.5. The molecule has 2 atom stereocenters. The summed E-state index contributed by atoms with van der Waals surface area (Å²) < 4.78 is 0. The third kappa shape index (κ3) is 4.92. The minimum Gasteiger partial charge on any atom is -0.392 e. The van der Waals surface area contributed by atoms with E-state index in [0.29, 0.717) is 12.5 Å². The minimum atomic E-state index is -0.272. The summed E-state index contributed by atoms with van der Waals surface area (Å²) in [5.74, 6) is 2.96. The van der Waals surface area contributed by atoms with Crippen molar-refractivity contribution in [1.82, 2.24) is 5.32 Å².